The number of esters is 2. The molecule has 0 saturated carbocycles. The van der Waals surface area contributed by atoms with Crippen molar-refractivity contribution in [3.8, 4) is 0 Å². The monoisotopic (exact) mass is 313 g/mol. The van der Waals surface area contributed by atoms with Crippen LogP contribution in [0, 0.1) is 5.92 Å². The standard InChI is InChI=1S/C15H23NO6/c1-6-20-14(19)16-10(7-9(2)3)8-11-12(17)21-15(4,5)22-13(11)18/h8-10H,6-7H2,1-5H3,(H,16,19)/t10-/m0/s1. The Labute approximate surface area is 130 Å². The molecule has 1 aliphatic rings. The summed E-state index contributed by atoms with van der Waals surface area (Å²) < 4.78 is 14.9. The third kappa shape index (κ3) is 5.38. The van der Waals surface area contributed by atoms with Crippen LogP contribution in [0.5, 0.6) is 0 Å². The number of alkyl carbamates (subject to hydrolysis) is 1. The molecule has 7 nitrogen and oxygen atoms in total. The molecule has 0 radical (unpaired) electrons. The van der Waals surface area contributed by atoms with Crippen molar-refractivity contribution in [1.29, 1.82) is 0 Å². The molecule has 1 fully saturated rings. The summed E-state index contributed by atoms with van der Waals surface area (Å²) in [4.78, 5) is 35.4. The lowest BCUT2D eigenvalue weighted by molar-refractivity contribution is -0.222. The molecule has 1 saturated heterocycles. The summed E-state index contributed by atoms with van der Waals surface area (Å²) in [5.41, 5.74) is -0.221. The molecule has 0 aromatic rings. The second kappa shape index (κ2) is 7.29. The van der Waals surface area contributed by atoms with Crippen molar-refractivity contribution in [3.63, 3.8) is 0 Å². The van der Waals surface area contributed by atoms with Crippen molar-refractivity contribution in [2.24, 2.45) is 5.92 Å². The summed E-state index contributed by atoms with van der Waals surface area (Å²) in [6.45, 7) is 8.78. The van der Waals surface area contributed by atoms with Crippen LogP contribution < -0.4 is 5.32 Å². The number of rotatable bonds is 5. The van der Waals surface area contributed by atoms with Crippen LogP contribution in [0.15, 0.2) is 11.6 Å². The molecule has 0 aromatic carbocycles. The van der Waals surface area contributed by atoms with Crippen LogP contribution in [-0.4, -0.2) is 36.5 Å². The first-order chi connectivity index (χ1) is 10.1. The van der Waals surface area contributed by atoms with Crippen molar-refractivity contribution in [1.82, 2.24) is 5.32 Å². The zero-order valence-corrected chi connectivity index (χ0v) is 13.6. The van der Waals surface area contributed by atoms with Gasteiger partial charge in [0.25, 0.3) is 5.79 Å². The van der Waals surface area contributed by atoms with E-state index in [0.29, 0.717) is 6.42 Å². The number of hydrogen-bond donors (Lipinski definition) is 1. The molecular weight excluding hydrogens is 290 g/mol. The van der Waals surface area contributed by atoms with Gasteiger partial charge in [-0.1, -0.05) is 13.8 Å². The van der Waals surface area contributed by atoms with Gasteiger partial charge in [-0.25, -0.2) is 14.4 Å². The van der Waals surface area contributed by atoms with Crippen LogP contribution in [0.4, 0.5) is 4.79 Å². The van der Waals surface area contributed by atoms with Gasteiger partial charge < -0.3 is 19.5 Å². The largest absolute Gasteiger partial charge is 0.450 e. The SMILES string of the molecule is CCOC(=O)N[C@H](C=C1C(=O)OC(C)(C)OC1=O)CC(C)C. The smallest absolute Gasteiger partial charge is 0.407 e. The molecule has 1 rings (SSSR count). The van der Waals surface area contributed by atoms with Gasteiger partial charge in [0.15, 0.2) is 0 Å². The van der Waals surface area contributed by atoms with Crippen molar-refractivity contribution >= 4 is 18.0 Å². The molecule has 7 heteroatoms. The normalized spacial score (nSPS) is 18.4. The molecule has 1 amide bonds. The van der Waals surface area contributed by atoms with Gasteiger partial charge in [0.05, 0.1) is 12.6 Å². The first-order valence-electron chi connectivity index (χ1n) is 7.26. The van der Waals surface area contributed by atoms with E-state index in [1.807, 2.05) is 13.8 Å². The Balaban J connectivity index is 2.92. The fraction of sp³-hybridized carbons (Fsp3) is 0.667. The van der Waals surface area contributed by atoms with Crippen LogP contribution in [0.1, 0.15) is 41.0 Å². The summed E-state index contributed by atoms with van der Waals surface area (Å²) in [5.74, 6) is -2.58. The molecule has 0 bridgehead atoms. The molecule has 0 aromatic heterocycles. The Morgan fingerprint density at radius 2 is 1.82 bits per heavy atom. The number of carbonyl (C=O) groups is 3. The Morgan fingerprint density at radius 1 is 1.27 bits per heavy atom. The summed E-state index contributed by atoms with van der Waals surface area (Å²) in [7, 11) is 0. The number of carbonyl (C=O) groups excluding carboxylic acids is 3. The molecule has 0 aliphatic carbocycles. The molecule has 1 heterocycles. The predicted molar refractivity (Wildman–Crippen MR) is 77.7 cm³/mol. The van der Waals surface area contributed by atoms with E-state index in [0.717, 1.165) is 0 Å². The first kappa shape index (κ1) is 18.0. The Kier molecular flexibility index (Phi) is 5.96. The van der Waals surface area contributed by atoms with E-state index in [9.17, 15) is 14.4 Å². The fourth-order valence-corrected chi connectivity index (χ4v) is 2.00. The maximum atomic E-state index is 11.9. The summed E-state index contributed by atoms with van der Waals surface area (Å²) in [6, 6.07) is -0.532. The van der Waals surface area contributed by atoms with Gasteiger partial charge in [-0.05, 0) is 25.3 Å². The maximum absolute atomic E-state index is 11.9. The number of hydrogen-bond acceptors (Lipinski definition) is 6. The second-order valence-electron chi connectivity index (χ2n) is 5.86. The second-order valence-corrected chi connectivity index (χ2v) is 5.86. The number of ether oxygens (including phenoxy) is 3. The summed E-state index contributed by atoms with van der Waals surface area (Å²) >= 11 is 0. The van der Waals surface area contributed by atoms with Gasteiger partial charge in [-0.15, -0.1) is 0 Å². The quantitative estimate of drug-likeness (QED) is 0.473. The van der Waals surface area contributed by atoms with Crippen LogP contribution in [0.25, 0.3) is 0 Å². The molecule has 0 spiro atoms. The third-order valence-electron chi connectivity index (χ3n) is 2.79. The van der Waals surface area contributed by atoms with Gasteiger partial charge in [-0.3, -0.25) is 0 Å². The summed E-state index contributed by atoms with van der Waals surface area (Å²) in [6.07, 6.45) is 1.28. The van der Waals surface area contributed by atoms with E-state index >= 15 is 0 Å². The molecule has 1 N–H and O–H groups in total. The first-order valence-corrected chi connectivity index (χ1v) is 7.26. The molecule has 124 valence electrons. The lowest BCUT2D eigenvalue weighted by atomic mass is 10.0. The van der Waals surface area contributed by atoms with Gasteiger partial charge in [0.2, 0.25) is 0 Å². The minimum atomic E-state index is -1.28. The molecule has 1 atom stereocenters. The van der Waals surface area contributed by atoms with Crippen LogP contribution in [-0.2, 0) is 23.8 Å². The highest BCUT2D eigenvalue weighted by Crippen LogP contribution is 2.23. The highest BCUT2D eigenvalue weighted by atomic mass is 16.7. The predicted octanol–water partition coefficient (Wildman–Crippen LogP) is 1.91. The van der Waals surface area contributed by atoms with Gasteiger partial charge >= 0.3 is 18.0 Å². The maximum Gasteiger partial charge on any atom is 0.407 e. The van der Waals surface area contributed by atoms with E-state index in [1.165, 1.54) is 19.9 Å². The van der Waals surface area contributed by atoms with Crippen molar-refractivity contribution in [2.75, 3.05) is 6.61 Å². The van der Waals surface area contributed by atoms with Crippen LogP contribution in [0.2, 0.25) is 0 Å². The van der Waals surface area contributed by atoms with Crippen LogP contribution in [0.3, 0.4) is 0 Å². The zero-order valence-electron chi connectivity index (χ0n) is 13.6. The average Bonchev–Trinajstić information content (AvgIpc) is 2.31. The van der Waals surface area contributed by atoms with Gasteiger partial charge in [0.1, 0.15) is 5.57 Å². The average molecular weight is 313 g/mol. The summed E-state index contributed by atoms with van der Waals surface area (Å²) in [5, 5.41) is 2.61. The van der Waals surface area contributed by atoms with Gasteiger partial charge in [0, 0.05) is 13.8 Å². The van der Waals surface area contributed by atoms with E-state index in [4.69, 9.17) is 14.2 Å². The lowest BCUT2D eigenvalue weighted by Crippen LogP contribution is -2.43. The highest BCUT2D eigenvalue weighted by molar-refractivity contribution is 6.15. The number of cyclic esters (lactones) is 2. The van der Waals surface area contributed by atoms with Crippen molar-refractivity contribution < 1.29 is 28.6 Å². The molecule has 0 unspecified atom stereocenters. The fourth-order valence-electron chi connectivity index (χ4n) is 2.00. The zero-order chi connectivity index (χ0) is 16.9. The Hall–Kier alpha value is -2.05. The Morgan fingerprint density at radius 3 is 2.27 bits per heavy atom. The van der Waals surface area contributed by atoms with Gasteiger partial charge in [-0.2, -0.15) is 0 Å². The number of nitrogens with one attached hydrogen (secondary N) is 1. The van der Waals surface area contributed by atoms with Crippen LogP contribution >= 0.6 is 0 Å². The Bertz CT molecular complexity index is 458. The third-order valence-corrected chi connectivity index (χ3v) is 2.79. The molecule has 1 aliphatic heterocycles. The van der Waals surface area contributed by atoms with E-state index in [-0.39, 0.29) is 18.1 Å². The van der Waals surface area contributed by atoms with Crippen molar-refractivity contribution in [3.05, 3.63) is 11.6 Å². The van der Waals surface area contributed by atoms with Crippen molar-refractivity contribution in [2.45, 2.75) is 52.9 Å². The minimum Gasteiger partial charge on any atom is -0.450 e. The molecular formula is C15H23NO6. The molecule has 22 heavy (non-hydrogen) atoms. The topological polar surface area (TPSA) is 90.9 Å². The lowest BCUT2D eigenvalue weighted by Gasteiger charge is -2.30. The highest BCUT2D eigenvalue weighted by Gasteiger charge is 2.39. The minimum absolute atomic E-state index is 0.221. The van der Waals surface area contributed by atoms with E-state index < -0.39 is 29.9 Å². The van der Waals surface area contributed by atoms with E-state index in [2.05, 4.69) is 5.32 Å². The van der Waals surface area contributed by atoms with E-state index in [1.54, 1.807) is 6.92 Å². The number of amides is 1.